The minimum Gasteiger partial charge on any atom is -0.383 e. The van der Waals surface area contributed by atoms with Gasteiger partial charge in [0.15, 0.2) is 0 Å². The highest BCUT2D eigenvalue weighted by molar-refractivity contribution is 7.13. The van der Waals surface area contributed by atoms with Crippen LogP contribution in [-0.4, -0.2) is 15.9 Å². The maximum atomic E-state index is 12.2. The van der Waals surface area contributed by atoms with Crippen LogP contribution in [0.1, 0.15) is 15.9 Å². The van der Waals surface area contributed by atoms with E-state index in [-0.39, 0.29) is 11.7 Å². The zero-order valence-electron chi connectivity index (χ0n) is 11.7. The number of nitrogen functional groups attached to an aromatic ring is 1. The van der Waals surface area contributed by atoms with Gasteiger partial charge in [-0.3, -0.25) is 4.79 Å². The highest BCUT2D eigenvalue weighted by Crippen LogP contribution is 2.25. The number of carbonyl (C=O) groups excluding carboxylic acids is 1. The van der Waals surface area contributed by atoms with Gasteiger partial charge >= 0.3 is 0 Å². The number of amides is 1. The smallest absolute Gasteiger partial charge is 0.255 e. The van der Waals surface area contributed by atoms with Crippen LogP contribution in [0.2, 0.25) is 0 Å². The van der Waals surface area contributed by atoms with Crippen molar-refractivity contribution < 1.29 is 4.79 Å². The van der Waals surface area contributed by atoms with Gasteiger partial charge in [-0.25, -0.2) is 9.97 Å². The molecule has 2 aromatic heterocycles. The number of nitrogens with zero attached hydrogens (tertiary/aromatic N) is 2. The summed E-state index contributed by atoms with van der Waals surface area (Å²) >= 11 is 1.57. The molecule has 5 nitrogen and oxygen atoms in total. The summed E-state index contributed by atoms with van der Waals surface area (Å²) in [6, 6.07) is 11.2. The van der Waals surface area contributed by atoms with E-state index in [0.717, 1.165) is 16.1 Å². The second-order valence-electron chi connectivity index (χ2n) is 4.61. The van der Waals surface area contributed by atoms with E-state index >= 15 is 0 Å². The molecular weight excluding hydrogens is 296 g/mol. The lowest BCUT2D eigenvalue weighted by Crippen LogP contribution is -2.24. The first-order valence-corrected chi connectivity index (χ1v) is 7.60. The van der Waals surface area contributed by atoms with Gasteiger partial charge in [0.2, 0.25) is 0 Å². The van der Waals surface area contributed by atoms with E-state index < -0.39 is 0 Å². The first-order chi connectivity index (χ1) is 10.8. The van der Waals surface area contributed by atoms with Crippen molar-refractivity contribution in [2.45, 2.75) is 6.54 Å². The standard InChI is InChI=1S/C16H14N4OS/c17-14-13(6-3-7-18-14)15(21)20-10-11-4-1-2-5-12(11)16-19-8-9-22-16/h1-9H,10H2,(H2,17,18)(H,20,21). The summed E-state index contributed by atoms with van der Waals surface area (Å²) in [6.45, 7) is 0.406. The highest BCUT2D eigenvalue weighted by Gasteiger charge is 2.11. The van der Waals surface area contributed by atoms with Gasteiger partial charge in [-0.1, -0.05) is 24.3 Å². The van der Waals surface area contributed by atoms with Crippen molar-refractivity contribution in [3.63, 3.8) is 0 Å². The summed E-state index contributed by atoms with van der Waals surface area (Å²) in [5.74, 6) is -0.00671. The fraction of sp³-hybridized carbons (Fsp3) is 0.0625. The molecule has 0 bridgehead atoms. The summed E-state index contributed by atoms with van der Waals surface area (Å²) in [6.07, 6.45) is 3.33. The molecule has 0 radical (unpaired) electrons. The number of nitrogens with one attached hydrogen (secondary N) is 1. The van der Waals surface area contributed by atoms with Gasteiger partial charge in [0.25, 0.3) is 5.91 Å². The molecule has 0 aliphatic carbocycles. The van der Waals surface area contributed by atoms with Crippen molar-refractivity contribution in [2.24, 2.45) is 0 Å². The number of hydrogen-bond acceptors (Lipinski definition) is 5. The first-order valence-electron chi connectivity index (χ1n) is 6.72. The Bertz CT molecular complexity index is 786. The summed E-state index contributed by atoms with van der Waals surface area (Å²) in [5.41, 5.74) is 8.13. The molecule has 0 saturated carbocycles. The highest BCUT2D eigenvalue weighted by atomic mass is 32.1. The lowest BCUT2D eigenvalue weighted by molar-refractivity contribution is 0.0951. The second-order valence-corrected chi connectivity index (χ2v) is 5.51. The van der Waals surface area contributed by atoms with E-state index in [2.05, 4.69) is 15.3 Å². The Labute approximate surface area is 131 Å². The summed E-state index contributed by atoms with van der Waals surface area (Å²) in [7, 11) is 0. The molecule has 0 spiro atoms. The van der Waals surface area contributed by atoms with Gasteiger partial charge in [0, 0.05) is 29.9 Å². The molecule has 1 amide bonds. The number of benzene rings is 1. The van der Waals surface area contributed by atoms with Crippen molar-refractivity contribution in [2.75, 3.05) is 5.73 Å². The zero-order chi connectivity index (χ0) is 15.4. The fourth-order valence-corrected chi connectivity index (χ4v) is 2.82. The number of aromatic nitrogens is 2. The molecule has 0 unspecified atom stereocenters. The van der Waals surface area contributed by atoms with Gasteiger partial charge in [-0.2, -0.15) is 0 Å². The molecule has 2 heterocycles. The molecule has 3 rings (SSSR count). The predicted octanol–water partition coefficient (Wildman–Crippen LogP) is 2.72. The summed E-state index contributed by atoms with van der Waals surface area (Å²) in [5, 5.41) is 5.74. The number of hydrogen-bond donors (Lipinski definition) is 2. The lowest BCUT2D eigenvalue weighted by Gasteiger charge is -2.10. The van der Waals surface area contributed by atoms with Gasteiger partial charge in [-0.05, 0) is 17.7 Å². The molecule has 110 valence electrons. The van der Waals surface area contributed by atoms with Crippen LogP contribution in [0.15, 0.2) is 54.2 Å². The number of nitrogens with two attached hydrogens (primary N) is 1. The second kappa shape index (κ2) is 6.36. The molecule has 6 heteroatoms. The fourth-order valence-electron chi connectivity index (χ4n) is 2.12. The molecule has 0 aliphatic rings. The topological polar surface area (TPSA) is 80.9 Å². The van der Waals surface area contributed by atoms with Gasteiger partial charge < -0.3 is 11.1 Å². The number of thiazole rings is 1. The van der Waals surface area contributed by atoms with E-state index in [0.29, 0.717) is 12.1 Å². The zero-order valence-corrected chi connectivity index (χ0v) is 12.5. The Morgan fingerprint density at radius 1 is 1.14 bits per heavy atom. The third-order valence-electron chi connectivity index (χ3n) is 3.20. The Balaban J connectivity index is 1.78. The molecule has 1 aromatic carbocycles. The monoisotopic (exact) mass is 310 g/mol. The Morgan fingerprint density at radius 3 is 2.77 bits per heavy atom. The van der Waals surface area contributed by atoms with Crippen LogP contribution in [0.4, 0.5) is 5.82 Å². The minimum atomic E-state index is -0.237. The third kappa shape index (κ3) is 2.96. The number of rotatable bonds is 4. The summed E-state index contributed by atoms with van der Waals surface area (Å²) < 4.78 is 0. The minimum absolute atomic E-state index is 0.230. The molecule has 0 atom stereocenters. The van der Waals surface area contributed by atoms with Crippen LogP contribution >= 0.6 is 11.3 Å². The molecular formula is C16H14N4OS. The van der Waals surface area contributed by atoms with E-state index in [4.69, 9.17) is 5.73 Å². The molecule has 0 saturated heterocycles. The number of anilines is 1. The van der Waals surface area contributed by atoms with Crippen molar-refractivity contribution in [1.29, 1.82) is 0 Å². The predicted molar refractivity (Wildman–Crippen MR) is 87.4 cm³/mol. The van der Waals surface area contributed by atoms with Crippen LogP contribution < -0.4 is 11.1 Å². The molecule has 3 N–H and O–H groups in total. The van der Waals surface area contributed by atoms with Gasteiger partial charge in [0.05, 0.1) is 5.56 Å². The largest absolute Gasteiger partial charge is 0.383 e. The first kappa shape index (κ1) is 14.2. The van der Waals surface area contributed by atoms with Crippen molar-refractivity contribution in [3.05, 3.63) is 65.3 Å². The van der Waals surface area contributed by atoms with Crippen LogP contribution in [-0.2, 0) is 6.54 Å². The van der Waals surface area contributed by atoms with E-state index in [1.54, 1.807) is 35.9 Å². The molecule has 3 aromatic rings. The maximum absolute atomic E-state index is 12.2. The van der Waals surface area contributed by atoms with Crippen molar-refractivity contribution >= 4 is 23.1 Å². The summed E-state index contributed by atoms with van der Waals surface area (Å²) in [4.78, 5) is 20.4. The molecule has 0 fully saturated rings. The van der Waals surface area contributed by atoms with Gasteiger partial charge in [0.1, 0.15) is 10.8 Å². The van der Waals surface area contributed by atoms with Crippen LogP contribution in [0.5, 0.6) is 0 Å². The number of carbonyl (C=O) groups is 1. The average Bonchev–Trinajstić information content (AvgIpc) is 3.07. The Hall–Kier alpha value is -2.73. The van der Waals surface area contributed by atoms with Crippen LogP contribution in [0.25, 0.3) is 10.6 Å². The van der Waals surface area contributed by atoms with E-state index in [9.17, 15) is 4.79 Å². The van der Waals surface area contributed by atoms with Crippen molar-refractivity contribution in [3.8, 4) is 10.6 Å². The van der Waals surface area contributed by atoms with Crippen LogP contribution in [0.3, 0.4) is 0 Å². The maximum Gasteiger partial charge on any atom is 0.255 e. The van der Waals surface area contributed by atoms with E-state index in [1.807, 2.05) is 29.6 Å². The van der Waals surface area contributed by atoms with E-state index in [1.165, 1.54) is 0 Å². The van der Waals surface area contributed by atoms with Gasteiger partial charge in [-0.15, -0.1) is 11.3 Å². The SMILES string of the molecule is Nc1ncccc1C(=O)NCc1ccccc1-c1nccs1. The molecule has 22 heavy (non-hydrogen) atoms. The lowest BCUT2D eigenvalue weighted by atomic mass is 10.1. The number of pyridine rings is 1. The Morgan fingerprint density at radius 2 is 2.00 bits per heavy atom. The average molecular weight is 310 g/mol. The van der Waals surface area contributed by atoms with Crippen molar-refractivity contribution in [1.82, 2.24) is 15.3 Å². The third-order valence-corrected chi connectivity index (χ3v) is 4.01. The van der Waals surface area contributed by atoms with Crippen LogP contribution in [0, 0.1) is 0 Å². The Kier molecular flexibility index (Phi) is 4.11. The quantitative estimate of drug-likeness (QED) is 0.776. The molecule has 0 aliphatic heterocycles. The normalized spacial score (nSPS) is 10.4.